The monoisotopic (exact) mass is 332 g/mol. The average Bonchev–Trinajstić information content (AvgIpc) is 3.29. The highest BCUT2D eigenvalue weighted by molar-refractivity contribution is 5.87. The van der Waals surface area contributed by atoms with Gasteiger partial charge >= 0.3 is 12.0 Å². The zero-order chi connectivity index (χ0) is 16.7. The SMILES string of the molecule is O=C(O)c1[nH]ncc1C1CCCN(C(=O)N2C[C@H]3CCC[C@H]3C2)C1. The van der Waals surface area contributed by atoms with Gasteiger partial charge in [-0.2, -0.15) is 5.10 Å². The normalized spacial score (nSPS) is 29.8. The maximum atomic E-state index is 12.9. The second kappa shape index (κ2) is 6.11. The van der Waals surface area contributed by atoms with E-state index in [0.717, 1.165) is 38.0 Å². The molecule has 4 rings (SSSR count). The number of aromatic carboxylic acids is 1. The van der Waals surface area contributed by atoms with Gasteiger partial charge in [0.15, 0.2) is 0 Å². The van der Waals surface area contributed by atoms with Crippen molar-refractivity contribution in [2.75, 3.05) is 26.2 Å². The Morgan fingerprint density at radius 1 is 1.08 bits per heavy atom. The van der Waals surface area contributed by atoms with Gasteiger partial charge < -0.3 is 14.9 Å². The highest BCUT2D eigenvalue weighted by Crippen LogP contribution is 2.38. The Hall–Kier alpha value is -2.05. The van der Waals surface area contributed by atoms with E-state index in [2.05, 4.69) is 10.2 Å². The first-order valence-corrected chi connectivity index (χ1v) is 8.94. The molecule has 3 atom stereocenters. The van der Waals surface area contributed by atoms with Crippen LogP contribution in [0.3, 0.4) is 0 Å². The Morgan fingerprint density at radius 3 is 2.54 bits per heavy atom. The first-order chi connectivity index (χ1) is 11.6. The summed E-state index contributed by atoms with van der Waals surface area (Å²) in [6, 6.07) is 0.134. The van der Waals surface area contributed by atoms with E-state index in [4.69, 9.17) is 0 Å². The summed E-state index contributed by atoms with van der Waals surface area (Å²) in [5.74, 6) is 0.456. The summed E-state index contributed by atoms with van der Waals surface area (Å²) in [6.45, 7) is 3.15. The van der Waals surface area contributed by atoms with E-state index in [9.17, 15) is 14.7 Å². The Labute approximate surface area is 141 Å². The number of carboxylic acids is 1. The Kier molecular flexibility index (Phi) is 3.94. The van der Waals surface area contributed by atoms with E-state index in [1.165, 1.54) is 19.3 Å². The van der Waals surface area contributed by atoms with Gasteiger partial charge in [0.1, 0.15) is 5.69 Å². The van der Waals surface area contributed by atoms with Gasteiger partial charge in [-0.25, -0.2) is 9.59 Å². The lowest BCUT2D eigenvalue weighted by Crippen LogP contribution is -2.46. The van der Waals surface area contributed by atoms with Crippen molar-refractivity contribution in [1.82, 2.24) is 20.0 Å². The van der Waals surface area contributed by atoms with Gasteiger partial charge in [-0.05, 0) is 37.5 Å². The molecule has 1 aromatic heterocycles. The highest BCUT2D eigenvalue weighted by Gasteiger charge is 2.40. The molecule has 24 heavy (non-hydrogen) atoms. The minimum absolute atomic E-state index is 0.0506. The lowest BCUT2D eigenvalue weighted by molar-refractivity contribution is 0.0688. The van der Waals surface area contributed by atoms with Crippen LogP contribution in [0.2, 0.25) is 0 Å². The summed E-state index contributed by atoms with van der Waals surface area (Å²) in [7, 11) is 0. The largest absolute Gasteiger partial charge is 0.477 e. The number of rotatable bonds is 2. The molecule has 130 valence electrons. The molecule has 0 radical (unpaired) electrons. The number of hydrogen-bond donors (Lipinski definition) is 2. The van der Waals surface area contributed by atoms with Crippen LogP contribution in [0.1, 0.15) is 54.1 Å². The summed E-state index contributed by atoms with van der Waals surface area (Å²) in [5.41, 5.74) is 0.878. The van der Waals surface area contributed by atoms with Gasteiger partial charge in [-0.15, -0.1) is 0 Å². The van der Waals surface area contributed by atoms with Crippen molar-refractivity contribution in [3.63, 3.8) is 0 Å². The van der Waals surface area contributed by atoms with E-state index < -0.39 is 5.97 Å². The molecule has 7 nitrogen and oxygen atoms in total. The predicted molar refractivity (Wildman–Crippen MR) is 86.9 cm³/mol. The summed E-state index contributed by atoms with van der Waals surface area (Å²) in [4.78, 5) is 28.1. The molecule has 0 bridgehead atoms. The number of carbonyl (C=O) groups is 2. The fourth-order valence-corrected chi connectivity index (χ4v) is 4.77. The number of piperidine rings is 1. The van der Waals surface area contributed by atoms with E-state index in [0.29, 0.717) is 18.4 Å². The Morgan fingerprint density at radius 2 is 1.83 bits per heavy atom. The number of likely N-dealkylation sites (tertiary alicyclic amines) is 2. The summed E-state index contributed by atoms with van der Waals surface area (Å²) in [5, 5.41) is 15.7. The number of nitrogens with zero attached hydrogens (tertiary/aromatic N) is 3. The molecule has 1 unspecified atom stereocenters. The molecule has 2 aliphatic heterocycles. The minimum atomic E-state index is -0.988. The van der Waals surface area contributed by atoms with Gasteiger partial charge in [0.2, 0.25) is 0 Å². The van der Waals surface area contributed by atoms with Crippen molar-refractivity contribution >= 4 is 12.0 Å². The molecular weight excluding hydrogens is 308 g/mol. The molecule has 2 amide bonds. The lowest BCUT2D eigenvalue weighted by Gasteiger charge is -2.35. The van der Waals surface area contributed by atoms with Gasteiger partial charge in [0.05, 0.1) is 6.20 Å². The fourth-order valence-electron chi connectivity index (χ4n) is 4.77. The van der Waals surface area contributed by atoms with Crippen LogP contribution >= 0.6 is 0 Å². The van der Waals surface area contributed by atoms with E-state index >= 15 is 0 Å². The lowest BCUT2D eigenvalue weighted by atomic mass is 9.91. The number of carbonyl (C=O) groups excluding carboxylic acids is 1. The quantitative estimate of drug-likeness (QED) is 0.868. The van der Waals surface area contributed by atoms with Crippen LogP contribution in [-0.2, 0) is 0 Å². The van der Waals surface area contributed by atoms with E-state index in [1.54, 1.807) is 6.20 Å². The number of aromatic amines is 1. The van der Waals surface area contributed by atoms with Crippen LogP contribution in [0.25, 0.3) is 0 Å². The number of carboxylic acid groups (broad SMARTS) is 1. The fraction of sp³-hybridized carbons (Fsp3) is 0.706. The zero-order valence-corrected chi connectivity index (χ0v) is 13.8. The molecule has 0 spiro atoms. The van der Waals surface area contributed by atoms with Crippen LogP contribution in [-0.4, -0.2) is 63.3 Å². The number of fused-ring (bicyclic) bond motifs is 1. The van der Waals surface area contributed by atoms with Gasteiger partial charge in [0.25, 0.3) is 0 Å². The van der Waals surface area contributed by atoms with Gasteiger partial charge in [-0.1, -0.05) is 6.42 Å². The average molecular weight is 332 g/mol. The van der Waals surface area contributed by atoms with Crippen LogP contribution in [0.5, 0.6) is 0 Å². The van der Waals surface area contributed by atoms with Crippen LogP contribution in [0.4, 0.5) is 4.79 Å². The van der Waals surface area contributed by atoms with Crippen molar-refractivity contribution in [2.45, 2.75) is 38.0 Å². The Balaban J connectivity index is 1.44. The standard InChI is InChI=1S/C17H24N4O3/c22-16(23)15-14(7-18-19-15)13-5-2-6-20(10-13)17(24)21-8-11-3-1-4-12(11)9-21/h7,11-13H,1-6,8-10H2,(H,18,19)(H,22,23)/t11-,12+,13?. The summed E-state index contributed by atoms with van der Waals surface area (Å²) >= 11 is 0. The number of hydrogen-bond acceptors (Lipinski definition) is 3. The van der Waals surface area contributed by atoms with E-state index in [-0.39, 0.29) is 17.6 Å². The zero-order valence-electron chi connectivity index (χ0n) is 13.8. The molecule has 2 saturated heterocycles. The number of H-pyrrole nitrogens is 1. The van der Waals surface area contributed by atoms with Crippen LogP contribution in [0, 0.1) is 11.8 Å². The molecule has 0 aromatic carbocycles. The maximum Gasteiger partial charge on any atom is 0.354 e. The molecule has 1 saturated carbocycles. The van der Waals surface area contributed by atoms with Crippen molar-refractivity contribution in [3.8, 4) is 0 Å². The second-order valence-electron chi connectivity index (χ2n) is 7.43. The van der Waals surface area contributed by atoms with Crippen molar-refractivity contribution in [3.05, 3.63) is 17.5 Å². The van der Waals surface area contributed by atoms with Crippen molar-refractivity contribution < 1.29 is 14.7 Å². The molecule has 3 heterocycles. The first kappa shape index (κ1) is 15.5. The first-order valence-electron chi connectivity index (χ1n) is 8.94. The smallest absolute Gasteiger partial charge is 0.354 e. The maximum absolute atomic E-state index is 12.9. The molecule has 3 aliphatic rings. The van der Waals surface area contributed by atoms with Crippen molar-refractivity contribution in [1.29, 1.82) is 0 Å². The third-order valence-corrected chi connectivity index (χ3v) is 6.01. The number of nitrogens with one attached hydrogen (secondary N) is 1. The molecule has 3 fully saturated rings. The molecule has 1 aliphatic carbocycles. The summed E-state index contributed by atoms with van der Waals surface area (Å²) in [6.07, 6.45) is 7.22. The van der Waals surface area contributed by atoms with Crippen molar-refractivity contribution in [2.24, 2.45) is 11.8 Å². The molecule has 2 N–H and O–H groups in total. The highest BCUT2D eigenvalue weighted by atomic mass is 16.4. The third kappa shape index (κ3) is 2.65. The Bertz CT molecular complexity index is 632. The van der Waals surface area contributed by atoms with E-state index in [1.807, 2.05) is 9.80 Å². The van der Waals surface area contributed by atoms with Gasteiger partial charge in [0, 0.05) is 37.7 Å². The second-order valence-corrected chi connectivity index (χ2v) is 7.43. The molecular formula is C17H24N4O3. The number of urea groups is 1. The van der Waals surface area contributed by atoms with Gasteiger partial charge in [-0.3, -0.25) is 5.10 Å². The molecule has 1 aromatic rings. The minimum Gasteiger partial charge on any atom is -0.477 e. The van der Waals surface area contributed by atoms with Crippen LogP contribution in [0.15, 0.2) is 6.20 Å². The third-order valence-electron chi connectivity index (χ3n) is 6.01. The molecule has 7 heteroatoms. The predicted octanol–water partition coefficient (Wildman–Crippen LogP) is 2.14. The number of amides is 2. The number of aromatic nitrogens is 2. The topological polar surface area (TPSA) is 89.5 Å². The van der Waals surface area contributed by atoms with Crippen LogP contribution < -0.4 is 0 Å². The summed E-state index contributed by atoms with van der Waals surface area (Å²) < 4.78 is 0.